The molecule has 2 nitrogen and oxygen atoms in total. The molecular formula is C13H20N2S. The average molecular weight is 236 g/mol. The summed E-state index contributed by atoms with van der Waals surface area (Å²) in [6.45, 7) is 5.51. The normalized spacial score (nSPS) is 19.4. The number of likely N-dealkylation sites (N-methyl/N-ethyl adjacent to an activating group) is 1. The SMILES string of the molecule is CNCC1CSc2cc(C(C)C)ccc2N1. The second-order valence-corrected chi connectivity index (χ2v) is 5.68. The van der Waals surface area contributed by atoms with E-state index < -0.39 is 0 Å². The fraction of sp³-hybridized carbons (Fsp3) is 0.538. The molecule has 1 aromatic rings. The summed E-state index contributed by atoms with van der Waals surface area (Å²) in [6.07, 6.45) is 0. The highest BCUT2D eigenvalue weighted by molar-refractivity contribution is 7.99. The molecule has 3 heteroatoms. The zero-order chi connectivity index (χ0) is 11.5. The Bertz CT molecular complexity index is 363. The van der Waals surface area contributed by atoms with Crippen LogP contribution in [0.25, 0.3) is 0 Å². The Morgan fingerprint density at radius 3 is 3.00 bits per heavy atom. The van der Waals surface area contributed by atoms with Crippen molar-refractivity contribution < 1.29 is 0 Å². The van der Waals surface area contributed by atoms with Crippen LogP contribution in [0.4, 0.5) is 5.69 Å². The van der Waals surface area contributed by atoms with E-state index in [0.29, 0.717) is 12.0 Å². The van der Waals surface area contributed by atoms with Gasteiger partial charge >= 0.3 is 0 Å². The smallest absolute Gasteiger partial charge is 0.0481 e. The van der Waals surface area contributed by atoms with E-state index in [9.17, 15) is 0 Å². The molecule has 1 unspecified atom stereocenters. The standard InChI is InChI=1S/C13H20N2S/c1-9(2)10-4-5-12-13(6-10)16-8-11(15-12)7-14-3/h4-6,9,11,14-15H,7-8H2,1-3H3. The molecule has 0 aromatic heterocycles. The molecule has 16 heavy (non-hydrogen) atoms. The minimum Gasteiger partial charge on any atom is -0.379 e. The Hall–Kier alpha value is -0.670. The van der Waals surface area contributed by atoms with Gasteiger partial charge in [-0.2, -0.15) is 0 Å². The summed E-state index contributed by atoms with van der Waals surface area (Å²) in [5.41, 5.74) is 2.72. The van der Waals surface area contributed by atoms with Crippen LogP contribution in [0.3, 0.4) is 0 Å². The first-order chi connectivity index (χ1) is 7.70. The van der Waals surface area contributed by atoms with Crippen LogP contribution in [0, 0.1) is 0 Å². The molecule has 0 spiro atoms. The molecule has 0 amide bonds. The third kappa shape index (κ3) is 2.53. The second-order valence-electron chi connectivity index (χ2n) is 4.62. The molecule has 1 aliphatic heterocycles. The monoisotopic (exact) mass is 236 g/mol. The number of fused-ring (bicyclic) bond motifs is 1. The van der Waals surface area contributed by atoms with Crippen LogP contribution in [0.5, 0.6) is 0 Å². The fourth-order valence-electron chi connectivity index (χ4n) is 1.95. The lowest BCUT2D eigenvalue weighted by molar-refractivity contribution is 0.701. The molecule has 88 valence electrons. The third-order valence-electron chi connectivity index (χ3n) is 2.92. The largest absolute Gasteiger partial charge is 0.379 e. The number of hydrogen-bond acceptors (Lipinski definition) is 3. The van der Waals surface area contributed by atoms with E-state index in [1.165, 1.54) is 16.1 Å². The summed E-state index contributed by atoms with van der Waals surface area (Å²) < 4.78 is 0. The lowest BCUT2D eigenvalue weighted by Gasteiger charge is -2.27. The minimum absolute atomic E-state index is 0.549. The van der Waals surface area contributed by atoms with Gasteiger partial charge in [0, 0.05) is 28.9 Å². The molecular weight excluding hydrogens is 216 g/mol. The number of benzene rings is 1. The molecule has 0 radical (unpaired) electrons. The van der Waals surface area contributed by atoms with Crippen LogP contribution in [0.15, 0.2) is 23.1 Å². The Kier molecular flexibility index (Phi) is 3.77. The van der Waals surface area contributed by atoms with E-state index in [1.807, 2.05) is 18.8 Å². The summed E-state index contributed by atoms with van der Waals surface area (Å²) in [7, 11) is 2.00. The molecule has 1 aromatic carbocycles. The van der Waals surface area contributed by atoms with Gasteiger partial charge in [-0.1, -0.05) is 19.9 Å². The van der Waals surface area contributed by atoms with Crippen LogP contribution in [0.1, 0.15) is 25.3 Å². The zero-order valence-electron chi connectivity index (χ0n) is 10.2. The molecule has 1 heterocycles. The molecule has 1 atom stereocenters. The average Bonchev–Trinajstić information content (AvgIpc) is 2.28. The van der Waals surface area contributed by atoms with Gasteiger partial charge in [-0.05, 0) is 30.7 Å². The van der Waals surface area contributed by atoms with Crippen molar-refractivity contribution in [1.82, 2.24) is 5.32 Å². The number of hydrogen-bond donors (Lipinski definition) is 2. The van der Waals surface area contributed by atoms with Gasteiger partial charge in [0.2, 0.25) is 0 Å². The van der Waals surface area contributed by atoms with Gasteiger partial charge in [-0.3, -0.25) is 0 Å². The Balaban J connectivity index is 2.15. The van der Waals surface area contributed by atoms with Gasteiger partial charge < -0.3 is 10.6 Å². The van der Waals surface area contributed by atoms with Gasteiger partial charge in [0.05, 0.1) is 0 Å². The highest BCUT2D eigenvalue weighted by Crippen LogP contribution is 2.35. The summed E-state index contributed by atoms with van der Waals surface area (Å²) in [4.78, 5) is 1.40. The quantitative estimate of drug-likeness (QED) is 0.844. The second kappa shape index (κ2) is 5.11. The highest BCUT2D eigenvalue weighted by Gasteiger charge is 2.17. The number of anilines is 1. The van der Waals surface area contributed by atoms with Crippen molar-refractivity contribution in [3.05, 3.63) is 23.8 Å². The first-order valence-electron chi connectivity index (χ1n) is 5.88. The van der Waals surface area contributed by atoms with Crippen LogP contribution in [-0.2, 0) is 0 Å². The summed E-state index contributed by atoms with van der Waals surface area (Å²) >= 11 is 1.97. The van der Waals surface area contributed by atoms with Crippen LogP contribution in [-0.4, -0.2) is 25.4 Å². The predicted molar refractivity (Wildman–Crippen MR) is 72.6 cm³/mol. The van der Waals surface area contributed by atoms with Gasteiger partial charge in [-0.25, -0.2) is 0 Å². The zero-order valence-corrected chi connectivity index (χ0v) is 11.0. The van der Waals surface area contributed by atoms with Gasteiger partial charge in [-0.15, -0.1) is 11.8 Å². The minimum atomic E-state index is 0.549. The van der Waals surface area contributed by atoms with E-state index >= 15 is 0 Å². The van der Waals surface area contributed by atoms with Crippen LogP contribution >= 0.6 is 11.8 Å². The maximum absolute atomic E-state index is 3.58. The maximum Gasteiger partial charge on any atom is 0.0481 e. The van der Waals surface area contributed by atoms with E-state index in [0.717, 1.165) is 12.3 Å². The lowest BCUT2D eigenvalue weighted by Crippen LogP contribution is -2.35. The molecule has 0 saturated heterocycles. The van der Waals surface area contributed by atoms with Crippen molar-refractivity contribution in [2.45, 2.75) is 30.7 Å². The summed E-state index contributed by atoms with van der Waals surface area (Å²) in [6, 6.07) is 7.33. The molecule has 0 aliphatic carbocycles. The van der Waals surface area contributed by atoms with Gasteiger partial charge in [0.15, 0.2) is 0 Å². The fourth-order valence-corrected chi connectivity index (χ4v) is 3.03. The highest BCUT2D eigenvalue weighted by atomic mass is 32.2. The third-order valence-corrected chi connectivity index (χ3v) is 4.14. The first-order valence-corrected chi connectivity index (χ1v) is 6.87. The molecule has 0 fully saturated rings. The van der Waals surface area contributed by atoms with Crippen molar-refractivity contribution in [3.8, 4) is 0 Å². The van der Waals surface area contributed by atoms with Crippen molar-refractivity contribution in [2.75, 3.05) is 24.7 Å². The van der Waals surface area contributed by atoms with Crippen LogP contribution < -0.4 is 10.6 Å². The van der Waals surface area contributed by atoms with Crippen molar-refractivity contribution >= 4 is 17.4 Å². The summed E-state index contributed by atoms with van der Waals surface area (Å²) in [5, 5.41) is 6.80. The first kappa shape index (κ1) is 11.8. The molecule has 1 aliphatic rings. The molecule has 0 saturated carbocycles. The van der Waals surface area contributed by atoms with Gasteiger partial charge in [0.25, 0.3) is 0 Å². The Morgan fingerprint density at radius 1 is 1.50 bits per heavy atom. The molecule has 2 N–H and O–H groups in total. The van der Waals surface area contributed by atoms with Gasteiger partial charge in [0.1, 0.15) is 0 Å². The topological polar surface area (TPSA) is 24.1 Å². The number of thioether (sulfide) groups is 1. The van der Waals surface area contributed by atoms with Crippen molar-refractivity contribution in [1.29, 1.82) is 0 Å². The Labute approximate surface area is 102 Å². The summed E-state index contributed by atoms with van der Waals surface area (Å²) in [5.74, 6) is 1.76. The Morgan fingerprint density at radius 2 is 2.31 bits per heavy atom. The van der Waals surface area contributed by atoms with E-state index in [2.05, 4.69) is 42.7 Å². The molecule has 2 rings (SSSR count). The molecule has 0 bridgehead atoms. The van der Waals surface area contributed by atoms with Crippen LogP contribution in [0.2, 0.25) is 0 Å². The van der Waals surface area contributed by atoms with E-state index in [4.69, 9.17) is 0 Å². The van der Waals surface area contributed by atoms with Crippen molar-refractivity contribution in [2.24, 2.45) is 0 Å². The predicted octanol–water partition coefficient (Wildman–Crippen LogP) is 2.92. The van der Waals surface area contributed by atoms with E-state index in [1.54, 1.807) is 0 Å². The van der Waals surface area contributed by atoms with Crippen molar-refractivity contribution in [3.63, 3.8) is 0 Å². The lowest BCUT2D eigenvalue weighted by atomic mass is 10.0. The number of nitrogens with one attached hydrogen (secondary N) is 2. The van der Waals surface area contributed by atoms with E-state index in [-0.39, 0.29) is 0 Å². The maximum atomic E-state index is 3.58. The number of rotatable bonds is 3.